The largest absolute Gasteiger partial charge is 0.480 e. The van der Waals surface area contributed by atoms with E-state index in [-0.39, 0.29) is 91.4 Å². The van der Waals surface area contributed by atoms with Gasteiger partial charge in [0.25, 0.3) is 0 Å². The highest BCUT2D eigenvalue weighted by Gasteiger charge is 2.23. The number of hydrogen-bond acceptors (Lipinski definition) is 10. The van der Waals surface area contributed by atoms with Crippen LogP contribution in [0.4, 0.5) is 0 Å². The van der Waals surface area contributed by atoms with Crippen LogP contribution in [0.5, 0.6) is 0 Å². The summed E-state index contributed by atoms with van der Waals surface area (Å²) in [5.74, 6) is -5.05. The Bertz CT molecular complexity index is 748. The summed E-state index contributed by atoms with van der Waals surface area (Å²) in [4.78, 5) is 74.8. The third-order valence-corrected chi connectivity index (χ3v) is 5.58. The van der Waals surface area contributed by atoms with Crippen LogP contribution in [0.25, 0.3) is 0 Å². The van der Waals surface area contributed by atoms with Crippen LogP contribution in [-0.4, -0.2) is 161 Å². The van der Waals surface area contributed by atoms with Crippen molar-refractivity contribution in [3.8, 4) is 0 Å². The molecule has 204 valence electrons. The van der Waals surface area contributed by atoms with Crippen molar-refractivity contribution in [2.75, 3.05) is 78.5 Å². The number of amides is 1. The zero-order valence-corrected chi connectivity index (χ0v) is 20.1. The summed E-state index contributed by atoms with van der Waals surface area (Å²) in [6.07, 6.45) is 0.467. The molecule has 0 aromatic carbocycles. The van der Waals surface area contributed by atoms with Crippen LogP contribution in [-0.2, 0) is 28.8 Å². The Kier molecular flexibility index (Phi) is 14.2. The second-order valence-electron chi connectivity index (χ2n) is 8.49. The number of aldehydes is 1. The molecule has 0 radical (unpaired) electrons. The number of carbonyl (C=O) groups is 6. The van der Waals surface area contributed by atoms with Gasteiger partial charge in [0.1, 0.15) is 12.3 Å². The lowest BCUT2D eigenvalue weighted by Gasteiger charge is -2.33. The number of nitrogens with zero attached hydrogens (tertiary/aromatic N) is 4. The zero-order chi connectivity index (χ0) is 27.1. The van der Waals surface area contributed by atoms with Gasteiger partial charge >= 0.3 is 23.9 Å². The predicted octanol–water partition coefficient (Wildman–Crippen LogP) is -2.99. The predicted molar refractivity (Wildman–Crippen MR) is 124 cm³/mol. The van der Waals surface area contributed by atoms with E-state index in [1.807, 2.05) is 0 Å². The van der Waals surface area contributed by atoms with Gasteiger partial charge < -0.3 is 30.5 Å². The first-order chi connectivity index (χ1) is 17.0. The van der Waals surface area contributed by atoms with E-state index < -0.39 is 35.8 Å². The topological polar surface area (TPSA) is 208 Å². The Morgan fingerprint density at radius 2 is 0.972 bits per heavy atom. The van der Waals surface area contributed by atoms with Crippen molar-refractivity contribution in [3.05, 3.63) is 0 Å². The van der Waals surface area contributed by atoms with E-state index in [0.717, 1.165) is 0 Å². The first-order valence-electron chi connectivity index (χ1n) is 11.5. The second kappa shape index (κ2) is 16.5. The molecule has 1 fully saturated rings. The van der Waals surface area contributed by atoms with Gasteiger partial charge in [-0.25, -0.2) is 4.79 Å². The SMILES string of the molecule is O=CCCC(NC(=O)CN1CCN(CC(=O)O)CCN(CC(=O)O)CCN(CC(=O)O)CC1)C(=O)O. The number of rotatable bonds is 13. The van der Waals surface area contributed by atoms with Gasteiger partial charge in [-0.2, -0.15) is 0 Å². The molecule has 1 unspecified atom stereocenters. The van der Waals surface area contributed by atoms with Crippen molar-refractivity contribution in [2.45, 2.75) is 18.9 Å². The van der Waals surface area contributed by atoms with Gasteiger partial charge in [-0.05, 0) is 6.42 Å². The van der Waals surface area contributed by atoms with Gasteiger partial charge in [0.2, 0.25) is 5.91 Å². The summed E-state index contributed by atoms with van der Waals surface area (Å²) < 4.78 is 0. The van der Waals surface area contributed by atoms with E-state index in [2.05, 4.69) is 5.32 Å². The molecule has 1 rings (SSSR count). The van der Waals surface area contributed by atoms with Crippen molar-refractivity contribution in [1.29, 1.82) is 0 Å². The molecule has 0 spiro atoms. The third-order valence-electron chi connectivity index (χ3n) is 5.58. The molecular weight excluding hydrogens is 482 g/mol. The molecular formula is C21H35N5O10. The number of aliphatic carboxylic acids is 4. The lowest BCUT2D eigenvalue weighted by Crippen LogP contribution is -2.51. The second-order valence-corrected chi connectivity index (χ2v) is 8.49. The van der Waals surface area contributed by atoms with Crippen LogP contribution in [0.3, 0.4) is 0 Å². The van der Waals surface area contributed by atoms with Gasteiger partial charge in [0.05, 0.1) is 26.2 Å². The smallest absolute Gasteiger partial charge is 0.326 e. The maximum atomic E-state index is 12.5. The van der Waals surface area contributed by atoms with Gasteiger partial charge in [0.15, 0.2) is 0 Å². The van der Waals surface area contributed by atoms with Crippen molar-refractivity contribution in [3.63, 3.8) is 0 Å². The molecule has 1 amide bonds. The molecule has 0 aromatic rings. The van der Waals surface area contributed by atoms with E-state index >= 15 is 0 Å². The van der Waals surface area contributed by atoms with Crippen LogP contribution < -0.4 is 5.32 Å². The van der Waals surface area contributed by atoms with E-state index in [1.165, 1.54) is 0 Å². The van der Waals surface area contributed by atoms with Crippen LogP contribution in [0.15, 0.2) is 0 Å². The fourth-order valence-electron chi connectivity index (χ4n) is 3.72. The molecule has 0 bridgehead atoms. The average molecular weight is 518 g/mol. The minimum atomic E-state index is -1.27. The Morgan fingerprint density at radius 1 is 0.639 bits per heavy atom. The average Bonchev–Trinajstić information content (AvgIpc) is 2.77. The molecule has 1 aliphatic rings. The number of hydrogen-bond donors (Lipinski definition) is 5. The Morgan fingerprint density at radius 3 is 1.25 bits per heavy atom. The van der Waals surface area contributed by atoms with Gasteiger partial charge in [-0.1, -0.05) is 0 Å². The standard InChI is InChI=1S/C21H35N5O10/c27-11-1-2-16(21(35)36)22-17(28)12-23-3-5-24(13-18(29)30)7-9-26(15-20(33)34)10-8-25(6-4-23)14-19(31)32/h11,16H,1-10,12-15H2,(H,22,28)(H,29,30)(H,31,32)(H,33,34)(H,35,36). The van der Waals surface area contributed by atoms with E-state index in [0.29, 0.717) is 6.29 Å². The first kappa shape index (κ1) is 30.9. The maximum Gasteiger partial charge on any atom is 0.326 e. The number of nitrogens with one attached hydrogen (secondary N) is 1. The van der Waals surface area contributed by atoms with Crippen molar-refractivity contribution in [1.82, 2.24) is 24.9 Å². The fourth-order valence-corrected chi connectivity index (χ4v) is 3.72. The van der Waals surface area contributed by atoms with Crippen LogP contribution in [0, 0.1) is 0 Å². The summed E-state index contributed by atoms with van der Waals surface area (Å²) in [6.45, 7) is 0.824. The van der Waals surface area contributed by atoms with Crippen molar-refractivity contribution in [2.24, 2.45) is 0 Å². The molecule has 1 saturated heterocycles. The van der Waals surface area contributed by atoms with Gasteiger partial charge in [-0.15, -0.1) is 0 Å². The number of carboxylic acid groups (broad SMARTS) is 4. The lowest BCUT2D eigenvalue weighted by atomic mass is 10.1. The molecule has 0 aromatic heterocycles. The highest BCUT2D eigenvalue weighted by Crippen LogP contribution is 2.02. The summed E-state index contributed by atoms with van der Waals surface area (Å²) in [6, 6.07) is -1.23. The molecule has 1 aliphatic heterocycles. The maximum absolute atomic E-state index is 12.5. The van der Waals surface area contributed by atoms with Crippen molar-refractivity contribution >= 4 is 36.1 Å². The Hall–Kier alpha value is -3.14. The molecule has 1 heterocycles. The number of carbonyl (C=O) groups excluding carboxylic acids is 2. The highest BCUT2D eigenvalue weighted by molar-refractivity contribution is 5.84. The minimum absolute atomic E-state index is 0.0336. The molecule has 5 N–H and O–H groups in total. The highest BCUT2D eigenvalue weighted by atomic mass is 16.4. The summed E-state index contributed by atoms with van der Waals surface area (Å²) in [5, 5.41) is 39.3. The summed E-state index contributed by atoms with van der Waals surface area (Å²) in [5.41, 5.74) is 0. The van der Waals surface area contributed by atoms with Gasteiger partial charge in [-0.3, -0.25) is 38.8 Å². The fraction of sp³-hybridized carbons (Fsp3) is 0.714. The van der Waals surface area contributed by atoms with Crippen LogP contribution >= 0.6 is 0 Å². The Balaban J connectivity index is 2.98. The molecule has 36 heavy (non-hydrogen) atoms. The molecule has 15 heteroatoms. The van der Waals surface area contributed by atoms with Crippen LogP contribution in [0.2, 0.25) is 0 Å². The van der Waals surface area contributed by atoms with E-state index in [1.54, 1.807) is 19.6 Å². The molecule has 0 aliphatic carbocycles. The van der Waals surface area contributed by atoms with E-state index in [9.17, 15) is 49.2 Å². The normalized spacial score (nSPS) is 18.3. The monoisotopic (exact) mass is 517 g/mol. The minimum Gasteiger partial charge on any atom is -0.480 e. The van der Waals surface area contributed by atoms with Crippen LogP contribution in [0.1, 0.15) is 12.8 Å². The summed E-state index contributed by atoms with van der Waals surface area (Å²) >= 11 is 0. The van der Waals surface area contributed by atoms with E-state index in [4.69, 9.17) is 0 Å². The third kappa shape index (κ3) is 13.7. The van der Waals surface area contributed by atoms with Crippen molar-refractivity contribution < 1.29 is 49.2 Å². The number of carboxylic acids is 4. The Labute approximate surface area is 208 Å². The van der Waals surface area contributed by atoms with Gasteiger partial charge in [0, 0.05) is 58.8 Å². The quantitative estimate of drug-likeness (QED) is 0.154. The first-order valence-corrected chi connectivity index (χ1v) is 11.5. The molecule has 15 nitrogen and oxygen atoms in total. The molecule has 1 atom stereocenters. The summed E-state index contributed by atoms with van der Waals surface area (Å²) in [7, 11) is 0. The zero-order valence-electron chi connectivity index (χ0n) is 20.1. The molecule has 0 saturated carbocycles. The lowest BCUT2D eigenvalue weighted by molar-refractivity contribution is -0.142.